The van der Waals surface area contributed by atoms with Crippen LogP contribution in [0.4, 0.5) is 0 Å². The third-order valence-corrected chi connectivity index (χ3v) is 8.55. The Labute approximate surface area is 116 Å². The lowest BCUT2D eigenvalue weighted by molar-refractivity contribution is -0.132. The van der Waals surface area contributed by atoms with E-state index in [0.29, 0.717) is 18.4 Å². The molecule has 0 heterocycles. The van der Waals surface area contributed by atoms with Gasteiger partial charge in [-0.15, -0.1) is 0 Å². The normalized spacial score (nSPS) is 23.7. The van der Waals surface area contributed by atoms with Gasteiger partial charge in [-0.3, -0.25) is 4.79 Å². The topological polar surface area (TPSA) is 63.6 Å². The van der Waals surface area contributed by atoms with Crippen molar-refractivity contribution in [3.05, 3.63) is 11.6 Å². The molecule has 0 aromatic heterocycles. The molecule has 19 heavy (non-hydrogen) atoms. The van der Waals surface area contributed by atoms with Gasteiger partial charge >= 0.3 is 5.97 Å². The van der Waals surface area contributed by atoms with Crippen molar-refractivity contribution in [1.29, 1.82) is 0 Å². The summed E-state index contributed by atoms with van der Waals surface area (Å²) in [7, 11) is -2.00. The average molecular weight is 284 g/mol. The van der Waals surface area contributed by atoms with Crippen molar-refractivity contribution in [2.24, 2.45) is 0 Å². The molecule has 0 bridgehead atoms. The Balaban J connectivity index is 2.85. The minimum absolute atomic E-state index is 0.0431. The van der Waals surface area contributed by atoms with Gasteiger partial charge in [0.2, 0.25) is 0 Å². The first kappa shape index (κ1) is 16.1. The fourth-order valence-electron chi connectivity index (χ4n) is 1.88. The van der Waals surface area contributed by atoms with E-state index in [9.17, 15) is 9.59 Å². The van der Waals surface area contributed by atoms with E-state index in [1.807, 2.05) is 0 Å². The van der Waals surface area contributed by atoms with E-state index in [4.69, 9.17) is 9.53 Å². The molecule has 5 heteroatoms. The highest BCUT2D eigenvalue weighted by molar-refractivity contribution is 6.74. The van der Waals surface area contributed by atoms with Gasteiger partial charge in [-0.05, 0) is 37.4 Å². The van der Waals surface area contributed by atoms with Crippen LogP contribution in [0.25, 0.3) is 0 Å². The lowest BCUT2D eigenvalue weighted by Gasteiger charge is -2.40. The van der Waals surface area contributed by atoms with E-state index in [-0.39, 0.29) is 10.8 Å². The summed E-state index contributed by atoms with van der Waals surface area (Å²) in [6.07, 6.45) is 2.62. The summed E-state index contributed by atoms with van der Waals surface area (Å²) >= 11 is 0. The number of hydrogen-bond acceptors (Lipinski definition) is 3. The van der Waals surface area contributed by atoms with E-state index in [1.165, 1.54) is 0 Å². The summed E-state index contributed by atoms with van der Waals surface area (Å²) in [5, 5.41) is 8.81. The van der Waals surface area contributed by atoms with Crippen LogP contribution in [0.15, 0.2) is 11.6 Å². The summed E-state index contributed by atoms with van der Waals surface area (Å²) in [6.45, 7) is 10.6. The second-order valence-electron chi connectivity index (χ2n) is 6.63. The molecule has 1 atom stereocenters. The number of Topliss-reactive ketones (excluding diaryl/α,β-unsaturated/α-hetero) is 1. The number of rotatable bonds is 3. The average Bonchev–Trinajstić information content (AvgIpc) is 2.21. The molecule has 1 aliphatic carbocycles. The van der Waals surface area contributed by atoms with Crippen molar-refractivity contribution in [2.75, 3.05) is 0 Å². The van der Waals surface area contributed by atoms with Crippen LogP contribution >= 0.6 is 0 Å². The predicted molar refractivity (Wildman–Crippen MR) is 76.6 cm³/mol. The summed E-state index contributed by atoms with van der Waals surface area (Å²) in [5.41, 5.74) is 0.391. The molecule has 0 aromatic carbocycles. The minimum atomic E-state index is -2.00. The molecule has 0 amide bonds. The second-order valence-corrected chi connectivity index (χ2v) is 11.4. The smallest absolute Gasteiger partial charge is 0.328 e. The molecule has 4 nitrogen and oxygen atoms in total. The van der Waals surface area contributed by atoms with Crippen molar-refractivity contribution in [2.45, 2.75) is 64.3 Å². The Kier molecular flexibility index (Phi) is 4.74. The van der Waals surface area contributed by atoms with Crippen LogP contribution in [0, 0.1) is 0 Å². The van der Waals surface area contributed by atoms with E-state index in [0.717, 1.165) is 12.5 Å². The molecule has 0 radical (unpaired) electrons. The zero-order valence-electron chi connectivity index (χ0n) is 12.4. The third kappa shape index (κ3) is 4.01. The molecule has 0 unspecified atom stereocenters. The molecule has 108 valence electrons. The lowest BCUT2D eigenvalue weighted by Crippen LogP contribution is -2.47. The van der Waals surface area contributed by atoms with Crippen molar-refractivity contribution >= 4 is 20.1 Å². The summed E-state index contributed by atoms with van der Waals surface area (Å²) in [4.78, 5) is 22.9. The van der Waals surface area contributed by atoms with Crippen LogP contribution < -0.4 is 0 Å². The van der Waals surface area contributed by atoms with Crippen LogP contribution in [0.3, 0.4) is 0 Å². The highest BCUT2D eigenvalue weighted by Gasteiger charge is 2.41. The van der Waals surface area contributed by atoms with Crippen LogP contribution in [0.2, 0.25) is 18.1 Å². The van der Waals surface area contributed by atoms with Gasteiger partial charge in [-0.25, -0.2) is 4.79 Å². The molecular weight excluding hydrogens is 260 g/mol. The van der Waals surface area contributed by atoms with Gasteiger partial charge in [0, 0.05) is 11.6 Å². The molecule has 0 aromatic rings. The van der Waals surface area contributed by atoms with Crippen LogP contribution in [0.1, 0.15) is 40.0 Å². The highest BCUT2D eigenvalue weighted by atomic mass is 28.4. The van der Waals surface area contributed by atoms with Crippen molar-refractivity contribution < 1.29 is 19.1 Å². The number of aliphatic carboxylic acids is 1. The molecular formula is C14H24O4Si. The summed E-state index contributed by atoms with van der Waals surface area (Å²) in [5.74, 6) is -1.20. The van der Waals surface area contributed by atoms with Gasteiger partial charge in [0.15, 0.2) is 14.1 Å². The van der Waals surface area contributed by atoms with E-state index < -0.39 is 20.4 Å². The number of carboxylic acids is 1. The molecule has 1 N–H and O–H groups in total. The number of ketones is 1. The third-order valence-electron chi connectivity index (χ3n) is 4.06. The predicted octanol–water partition coefficient (Wildman–Crippen LogP) is 3.14. The van der Waals surface area contributed by atoms with E-state index >= 15 is 0 Å². The Hall–Kier alpha value is -0.943. The Morgan fingerprint density at radius 1 is 1.42 bits per heavy atom. The molecule has 0 spiro atoms. The standard InChI is InChI=1S/C14H24O4Si/c1-14(2,3)19(4,5)18-11-8-6-7-10(13(11)17)9-12(15)16/h9,11H,6-8H2,1-5H3,(H,15,16)/b10-9-/t11-/m0/s1. The SMILES string of the molecule is CC(C)(C)[Si](C)(C)O[C@H]1CCC/C(=C/C(=O)O)C1=O. The minimum Gasteiger partial charge on any atom is -0.478 e. The van der Waals surface area contributed by atoms with E-state index in [2.05, 4.69) is 33.9 Å². The molecule has 0 saturated heterocycles. The van der Waals surface area contributed by atoms with Crippen molar-refractivity contribution in [1.82, 2.24) is 0 Å². The number of hydrogen-bond donors (Lipinski definition) is 1. The van der Waals surface area contributed by atoms with Crippen molar-refractivity contribution in [3.63, 3.8) is 0 Å². The van der Waals surface area contributed by atoms with Gasteiger partial charge in [0.1, 0.15) is 6.10 Å². The van der Waals surface area contributed by atoms with Gasteiger partial charge in [-0.2, -0.15) is 0 Å². The molecule has 1 aliphatic rings. The van der Waals surface area contributed by atoms with Gasteiger partial charge in [0.05, 0.1) is 0 Å². The zero-order valence-corrected chi connectivity index (χ0v) is 13.4. The zero-order chi connectivity index (χ0) is 14.8. The quantitative estimate of drug-likeness (QED) is 0.639. The van der Waals surface area contributed by atoms with Gasteiger partial charge in [-0.1, -0.05) is 20.8 Å². The van der Waals surface area contributed by atoms with E-state index in [1.54, 1.807) is 0 Å². The number of carbonyl (C=O) groups is 2. The first-order valence-electron chi connectivity index (χ1n) is 6.70. The van der Waals surface area contributed by atoms with Gasteiger partial charge < -0.3 is 9.53 Å². The fourth-order valence-corrected chi connectivity index (χ4v) is 3.17. The van der Waals surface area contributed by atoms with Crippen LogP contribution in [-0.2, 0) is 14.0 Å². The molecule has 1 saturated carbocycles. The Morgan fingerprint density at radius 3 is 2.47 bits per heavy atom. The molecule has 0 aliphatic heterocycles. The molecule has 1 fully saturated rings. The highest BCUT2D eigenvalue weighted by Crippen LogP contribution is 2.39. The molecule has 1 rings (SSSR count). The maximum atomic E-state index is 12.2. The monoisotopic (exact) mass is 284 g/mol. The lowest BCUT2D eigenvalue weighted by atomic mass is 9.91. The maximum absolute atomic E-state index is 12.2. The first-order valence-corrected chi connectivity index (χ1v) is 9.61. The maximum Gasteiger partial charge on any atom is 0.328 e. The van der Waals surface area contributed by atoms with Gasteiger partial charge in [0.25, 0.3) is 0 Å². The Morgan fingerprint density at radius 2 is 2.00 bits per heavy atom. The van der Waals surface area contributed by atoms with Crippen LogP contribution in [-0.4, -0.2) is 31.3 Å². The van der Waals surface area contributed by atoms with Crippen LogP contribution in [0.5, 0.6) is 0 Å². The summed E-state index contributed by atoms with van der Waals surface area (Å²) in [6, 6.07) is 0. The number of carboxylic acid groups (broad SMARTS) is 1. The number of carbonyl (C=O) groups excluding carboxylic acids is 1. The first-order chi connectivity index (χ1) is 8.54. The largest absolute Gasteiger partial charge is 0.478 e. The van der Waals surface area contributed by atoms with Crippen molar-refractivity contribution in [3.8, 4) is 0 Å². The second kappa shape index (κ2) is 5.59. The Bertz CT molecular complexity index is 404. The summed E-state index contributed by atoms with van der Waals surface area (Å²) < 4.78 is 6.12. The fraction of sp³-hybridized carbons (Fsp3) is 0.714.